The van der Waals surface area contributed by atoms with Crippen molar-refractivity contribution in [1.82, 2.24) is 0 Å². The second-order valence-electron chi connectivity index (χ2n) is 8.60. The van der Waals surface area contributed by atoms with Gasteiger partial charge in [0, 0.05) is 27.6 Å². The van der Waals surface area contributed by atoms with Crippen LogP contribution >= 0.6 is 0 Å². The first-order chi connectivity index (χ1) is 16.7. The minimum atomic E-state index is -0.108. The van der Waals surface area contributed by atoms with Gasteiger partial charge in [-0.05, 0) is 84.3 Å². The van der Waals surface area contributed by atoms with Gasteiger partial charge in [0.05, 0.1) is 0 Å². The maximum atomic E-state index is 14.7. The minimum absolute atomic E-state index is 0.108. The molecule has 0 nitrogen and oxygen atoms in total. The van der Waals surface area contributed by atoms with Gasteiger partial charge in [-0.25, -0.2) is 4.39 Å². The highest BCUT2D eigenvalue weighted by molar-refractivity contribution is 5.85. The molecule has 0 unspecified atom stereocenters. The first-order valence-corrected chi connectivity index (χ1v) is 12.1. The van der Waals surface area contributed by atoms with Crippen LogP contribution in [-0.4, -0.2) is 0 Å². The molecule has 0 saturated heterocycles. The lowest BCUT2D eigenvalue weighted by Crippen LogP contribution is -1.91. The smallest absolute Gasteiger partial charge is 0.134 e. The van der Waals surface area contributed by atoms with E-state index in [1.807, 2.05) is 54.6 Å². The molecule has 0 atom stereocenters. The quantitative estimate of drug-likeness (QED) is 0.273. The Kier molecular flexibility index (Phi) is 7.80. The molecule has 0 spiro atoms. The van der Waals surface area contributed by atoms with Crippen molar-refractivity contribution in [2.45, 2.75) is 46.0 Å². The number of benzene rings is 4. The van der Waals surface area contributed by atoms with Gasteiger partial charge >= 0.3 is 0 Å². The molecule has 0 radical (unpaired) electrons. The summed E-state index contributed by atoms with van der Waals surface area (Å²) in [7, 11) is 0. The standard InChI is InChI=1S/C33H29F/c1-3-5-7-25-8-10-26(11-9-25)12-13-27-14-16-28(17-15-27)18-19-29-20-23-32-31(24-29)22-21-30(6-4-2)33(32)34/h8-11,14-17,20-24H,3-7H2,1-2H3. The fraction of sp³-hybridized carbons (Fsp3) is 0.212. The highest BCUT2D eigenvalue weighted by Crippen LogP contribution is 2.23. The fourth-order valence-electron chi connectivity index (χ4n) is 3.94. The Bertz CT molecular complexity index is 1390. The number of fused-ring (bicyclic) bond motifs is 1. The van der Waals surface area contributed by atoms with Crippen LogP contribution in [0.15, 0.2) is 78.9 Å². The number of aryl methyl sites for hydroxylation is 2. The van der Waals surface area contributed by atoms with Gasteiger partial charge in [-0.15, -0.1) is 0 Å². The van der Waals surface area contributed by atoms with Crippen molar-refractivity contribution in [3.8, 4) is 23.7 Å². The van der Waals surface area contributed by atoms with E-state index in [0.717, 1.165) is 52.5 Å². The zero-order chi connectivity index (χ0) is 23.8. The minimum Gasteiger partial charge on any atom is -0.206 e. The molecule has 0 aromatic heterocycles. The molecule has 0 aliphatic carbocycles. The van der Waals surface area contributed by atoms with Crippen molar-refractivity contribution < 1.29 is 4.39 Å². The Hall–Kier alpha value is -3.81. The number of halogens is 1. The zero-order valence-electron chi connectivity index (χ0n) is 19.9. The lowest BCUT2D eigenvalue weighted by Gasteiger charge is -2.06. The molecular weight excluding hydrogens is 415 g/mol. The lowest BCUT2D eigenvalue weighted by atomic mass is 10.0. The average Bonchev–Trinajstić information content (AvgIpc) is 2.88. The van der Waals surface area contributed by atoms with Gasteiger partial charge in [-0.2, -0.15) is 0 Å². The second kappa shape index (κ2) is 11.4. The Labute approximate surface area is 202 Å². The molecule has 0 fully saturated rings. The third kappa shape index (κ3) is 5.95. The van der Waals surface area contributed by atoms with Crippen molar-refractivity contribution in [2.75, 3.05) is 0 Å². The van der Waals surface area contributed by atoms with E-state index in [-0.39, 0.29) is 5.82 Å². The molecule has 168 valence electrons. The van der Waals surface area contributed by atoms with E-state index in [9.17, 15) is 4.39 Å². The van der Waals surface area contributed by atoms with Crippen LogP contribution in [0.3, 0.4) is 0 Å². The highest BCUT2D eigenvalue weighted by Gasteiger charge is 2.06. The number of hydrogen-bond acceptors (Lipinski definition) is 0. The van der Waals surface area contributed by atoms with Gasteiger partial charge in [0.15, 0.2) is 0 Å². The van der Waals surface area contributed by atoms with Crippen molar-refractivity contribution in [3.63, 3.8) is 0 Å². The summed E-state index contributed by atoms with van der Waals surface area (Å²) in [6, 6.07) is 26.1. The van der Waals surface area contributed by atoms with Crippen LogP contribution in [0.5, 0.6) is 0 Å². The van der Waals surface area contributed by atoms with Crippen LogP contribution in [0.25, 0.3) is 10.8 Å². The summed E-state index contributed by atoms with van der Waals surface area (Å²) >= 11 is 0. The summed E-state index contributed by atoms with van der Waals surface area (Å²) in [4.78, 5) is 0. The van der Waals surface area contributed by atoms with E-state index in [1.54, 1.807) is 0 Å². The zero-order valence-corrected chi connectivity index (χ0v) is 19.9. The maximum Gasteiger partial charge on any atom is 0.134 e. The van der Waals surface area contributed by atoms with Crippen LogP contribution < -0.4 is 0 Å². The van der Waals surface area contributed by atoms with E-state index in [4.69, 9.17) is 0 Å². The monoisotopic (exact) mass is 444 g/mol. The molecule has 0 aliphatic heterocycles. The van der Waals surface area contributed by atoms with Crippen molar-refractivity contribution >= 4 is 10.8 Å². The SMILES string of the molecule is CCCCc1ccc(C#Cc2ccc(C#Cc3ccc4c(F)c(CCC)ccc4c3)cc2)cc1. The average molecular weight is 445 g/mol. The molecule has 0 aliphatic rings. The molecule has 0 amide bonds. The van der Waals surface area contributed by atoms with Gasteiger partial charge in [-0.3, -0.25) is 0 Å². The van der Waals surface area contributed by atoms with Crippen molar-refractivity contribution in [1.29, 1.82) is 0 Å². The van der Waals surface area contributed by atoms with Crippen LogP contribution in [-0.2, 0) is 12.8 Å². The van der Waals surface area contributed by atoms with Crippen LogP contribution in [0, 0.1) is 29.5 Å². The lowest BCUT2D eigenvalue weighted by molar-refractivity contribution is 0.619. The molecule has 4 aromatic carbocycles. The van der Waals surface area contributed by atoms with E-state index in [0.29, 0.717) is 5.39 Å². The Balaban J connectivity index is 1.45. The van der Waals surface area contributed by atoms with Gasteiger partial charge < -0.3 is 0 Å². The third-order valence-electron chi connectivity index (χ3n) is 5.91. The normalized spacial score (nSPS) is 10.3. The predicted octanol–water partition coefficient (Wildman–Crippen LogP) is 8.07. The van der Waals surface area contributed by atoms with Gasteiger partial charge in [0.1, 0.15) is 5.82 Å². The topological polar surface area (TPSA) is 0 Å². The van der Waals surface area contributed by atoms with Crippen LogP contribution in [0.1, 0.15) is 66.5 Å². The summed E-state index contributed by atoms with van der Waals surface area (Å²) in [5, 5.41) is 1.54. The highest BCUT2D eigenvalue weighted by atomic mass is 19.1. The third-order valence-corrected chi connectivity index (χ3v) is 5.91. The Morgan fingerprint density at radius 2 is 1.15 bits per heavy atom. The van der Waals surface area contributed by atoms with Crippen LogP contribution in [0.2, 0.25) is 0 Å². The Morgan fingerprint density at radius 3 is 1.74 bits per heavy atom. The fourth-order valence-corrected chi connectivity index (χ4v) is 3.94. The van der Waals surface area contributed by atoms with Crippen molar-refractivity contribution in [2.24, 2.45) is 0 Å². The Morgan fingerprint density at radius 1 is 0.588 bits per heavy atom. The van der Waals surface area contributed by atoms with Gasteiger partial charge in [0.2, 0.25) is 0 Å². The van der Waals surface area contributed by atoms with E-state index in [2.05, 4.69) is 61.8 Å². The van der Waals surface area contributed by atoms with E-state index < -0.39 is 0 Å². The summed E-state index contributed by atoms with van der Waals surface area (Å²) in [6.07, 6.45) is 5.25. The first-order valence-electron chi connectivity index (χ1n) is 12.1. The molecule has 0 saturated carbocycles. The molecule has 4 rings (SSSR count). The molecule has 1 heteroatoms. The first kappa shape index (κ1) is 23.4. The second-order valence-corrected chi connectivity index (χ2v) is 8.60. The van der Waals surface area contributed by atoms with Gasteiger partial charge in [-0.1, -0.05) is 80.7 Å². The molecular formula is C33H29F. The number of hydrogen-bond donors (Lipinski definition) is 0. The van der Waals surface area contributed by atoms with Gasteiger partial charge in [0.25, 0.3) is 0 Å². The predicted molar refractivity (Wildman–Crippen MR) is 141 cm³/mol. The van der Waals surface area contributed by atoms with E-state index in [1.165, 1.54) is 18.4 Å². The van der Waals surface area contributed by atoms with Crippen molar-refractivity contribution in [3.05, 3.63) is 118 Å². The molecule has 0 bridgehead atoms. The summed E-state index contributed by atoms with van der Waals surface area (Å²) < 4.78 is 14.7. The summed E-state index contributed by atoms with van der Waals surface area (Å²) in [6.45, 7) is 4.28. The summed E-state index contributed by atoms with van der Waals surface area (Å²) in [5.74, 6) is 12.8. The molecule has 4 aromatic rings. The maximum absolute atomic E-state index is 14.7. The number of unbranched alkanes of at least 4 members (excludes halogenated alkanes) is 1. The van der Waals surface area contributed by atoms with E-state index >= 15 is 0 Å². The largest absolute Gasteiger partial charge is 0.206 e. The number of rotatable bonds is 5. The van der Waals surface area contributed by atoms with Crippen LogP contribution in [0.4, 0.5) is 4.39 Å². The summed E-state index contributed by atoms with van der Waals surface area (Å²) in [5.41, 5.74) is 5.94. The molecule has 34 heavy (non-hydrogen) atoms. The molecule has 0 heterocycles. The molecule has 0 N–H and O–H groups in total.